The van der Waals surface area contributed by atoms with Crippen molar-refractivity contribution in [3.63, 3.8) is 0 Å². The first-order valence-electron chi connectivity index (χ1n) is 6.95. The van der Waals surface area contributed by atoms with Gasteiger partial charge in [-0.25, -0.2) is 0 Å². The summed E-state index contributed by atoms with van der Waals surface area (Å²) in [4.78, 5) is 12.0. The van der Waals surface area contributed by atoms with E-state index in [0.29, 0.717) is 12.2 Å². The first-order valence-corrected chi connectivity index (χ1v) is 6.95. The number of nitrogens with zero attached hydrogens (tertiary/aromatic N) is 1. The maximum atomic E-state index is 12.0. The van der Waals surface area contributed by atoms with Crippen molar-refractivity contribution >= 4 is 16.7 Å². The Balaban J connectivity index is 2.00. The van der Waals surface area contributed by atoms with Crippen LogP contribution < -0.4 is 5.32 Å². The van der Waals surface area contributed by atoms with Gasteiger partial charge in [0.1, 0.15) is 5.78 Å². The van der Waals surface area contributed by atoms with Gasteiger partial charge in [0.25, 0.3) is 0 Å². The molecule has 1 fully saturated rings. The van der Waals surface area contributed by atoms with E-state index in [1.807, 2.05) is 0 Å². The van der Waals surface area contributed by atoms with E-state index >= 15 is 0 Å². The van der Waals surface area contributed by atoms with Gasteiger partial charge in [0.05, 0.1) is 0 Å². The molecule has 3 rings (SSSR count). The highest BCUT2D eigenvalue weighted by Gasteiger charge is 2.24. The third-order valence-corrected chi connectivity index (χ3v) is 4.38. The van der Waals surface area contributed by atoms with Gasteiger partial charge in [0.15, 0.2) is 0 Å². The van der Waals surface area contributed by atoms with E-state index in [9.17, 15) is 4.79 Å². The van der Waals surface area contributed by atoms with Crippen molar-refractivity contribution in [2.45, 2.75) is 19.8 Å². The van der Waals surface area contributed by atoms with Crippen LogP contribution in [0, 0.1) is 12.8 Å². The molecule has 0 radical (unpaired) electrons. The highest BCUT2D eigenvalue weighted by atomic mass is 16.1. The maximum Gasteiger partial charge on any atom is 0.138 e. The summed E-state index contributed by atoms with van der Waals surface area (Å²) in [5, 5.41) is 4.62. The molecule has 0 saturated carbocycles. The summed E-state index contributed by atoms with van der Waals surface area (Å²) < 4.78 is 2.23. The number of fused-ring (bicyclic) bond motifs is 1. The zero-order valence-electron chi connectivity index (χ0n) is 11.6. The first-order chi connectivity index (χ1) is 9.18. The molecule has 1 atom stereocenters. The molecule has 0 bridgehead atoms. The number of Topliss-reactive ketones (excluding diaryl/α,β-unsaturated/α-hetero) is 1. The Labute approximate surface area is 113 Å². The predicted octanol–water partition coefficient (Wildman–Crippen LogP) is 2.21. The summed E-state index contributed by atoms with van der Waals surface area (Å²) in [6, 6.07) is 8.45. The van der Waals surface area contributed by atoms with Gasteiger partial charge in [-0.05, 0) is 25.0 Å². The summed E-state index contributed by atoms with van der Waals surface area (Å²) in [5.74, 6) is 0.546. The van der Waals surface area contributed by atoms with Crippen LogP contribution in [0.25, 0.3) is 10.9 Å². The van der Waals surface area contributed by atoms with Crippen molar-refractivity contribution in [3.8, 4) is 0 Å². The van der Waals surface area contributed by atoms with Gasteiger partial charge in [0.2, 0.25) is 0 Å². The van der Waals surface area contributed by atoms with E-state index in [1.54, 1.807) is 0 Å². The van der Waals surface area contributed by atoms with Crippen molar-refractivity contribution in [1.29, 1.82) is 0 Å². The van der Waals surface area contributed by atoms with Crippen LogP contribution in [0.15, 0.2) is 24.3 Å². The van der Waals surface area contributed by atoms with Gasteiger partial charge in [-0.3, -0.25) is 4.79 Å². The van der Waals surface area contributed by atoms with Gasteiger partial charge in [-0.15, -0.1) is 0 Å². The van der Waals surface area contributed by atoms with Crippen LogP contribution >= 0.6 is 0 Å². The monoisotopic (exact) mass is 256 g/mol. The number of aromatic nitrogens is 1. The number of hydrogen-bond donors (Lipinski definition) is 1. The zero-order chi connectivity index (χ0) is 13.4. The molecule has 0 spiro atoms. The topological polar surface area (TPSA) is 34.0 Å². The molecule has 0 amide bonds. The average molecular weight is 256 g/mol. The number of aryl methyl sites for hydroxylation is 1. The number of piperidine rings is 1. The highest BCUT2D eigenvalue weighted by Crippen LogP contribution is 2.27. The van der Waals surface area contributed by atoms with Gasteiger partial charge in [-0.1, -0.05) is 18.2 Å². The number of benzene rings is 1. The quantitative estimate of drug-likeness (QED) is 0.894. The maximum absolute atomic E-state index is 12.0. The summed E-state index contributed by atoms with van der Waals surface area (Å²) in [6.45, 7) is 3.81. The highest BCUT2D eigenvalue weighted by molar-refractivity contribution is 5.87. The van der Waals surface area contributed by atoms with Crippen LogP contribution in [-0.4, -0.2) is 23.4 Å². The summed E-state index contributed by atoms with van der Waals surface area (Å²) in [6.07, 6.45) is 1.54. The van der Waals surface area contributed by atoms with Crippen molar-refractivity contribution in [2.24, 2.45) is 13.0 Å². The number of nitrogens with one attached hydrogen (secondary N) is 1. The number of ketones is 1. The van der Waals surface area contributed by atoms with E-state index in [4.69, 9.17) is 0 Å². The standard InChI is InChI=1S/C16H20N2O/c1-11-14(9-12-10-17-8-7-16(12)19)13-5-3-4-6-15(13)18(11)2/h3-6,12,17H,7-10H2,1-2H3. The van der Waals surface area contributed by atoms with Crippen LogP contribution in [0.5, 0.6) is 0 Å². The lowest BCUT2D eigenvalue weighted by Crippen LogP contribution is -2.38. The lowest BCUT2D eigenvalue weighted by atomic mass is 9.90. The largest absolute Gasteiger partial charge is 0.348 e. The molecule has 1 aliphatic heterocycles. The van der Waals surface area contributed by atoms with E-state index in [-0.39, 0.29) is 5.92 Å². The van der Waals surface area contributed by atoms with Crippen molar-refractivity contribution in [2.75, 3.05) is 13.1 Å². The lowest BCUT2D eigenvalue weighted by molar-refractivity contribution is -0.123. The van der Waals surface area contributed by atoms with Crippen LogP contribution in [0.1, 0.15) is 17.7 Å². The van der Waals surface area contributed by atoms with Crippen LogP contribution in [0.2, 0.25) is 0 Å². The first kappa shape index (κ1) is 12.4. The van der Waals surface area contributed by atoms with Crippen LogP contribution in [0.4, 0.5) is 0 Å². The van der Waals surface area contributed by atoms with Crippen molar-refractivity contribution in [1.82, 2.24) is 9.88 Å². The fourth-order valence-corrected chi connectivity index (χ4v) is 3.10. The van der Waals surface area contributed by atoms with Crippen molar-refractivity contribution in [3.05, 3.63) is 35.5 Å². The summed E-state index contributed by atoms with van der Waals surface area (Å²) in [5.41, 5.74) is 3.87. The molecule has 19 heavy (non-hydrogen) atoms. The van der Waals surface area contributed by atoms with Crippen LogP contribution in [-0.2, 0) is 18.3 Å². The Morgan fingerprint density at radius 3 is 2.95 bits per heavy atom. The Morgan fingerprint density at radius 2 is 2.16 bits per heavy atom. The predicted molar refractivity (Wildman–Crippen MR) is 77.3 cm³/mol. The Hall–Kier alpha value is -1.61. The van der Waals surface area contributed by atoms with Gasteiger partial charge in [-0.2, -0.15) is 0 Å². The number of carbonyl (C=O) groups is 1. The molecule has 1 unspecified atom stereocenters. The second kappa shape index (κ2) is 4.82. The number of hydrogen-bond acceptors (Lipinski definition) is 2. The van der Waals surface area contributed by atoms with Gasteiger partial charge < -0.3 is 9.88 Å². The minimum absolute atomic E-state index is 0.137. The number of rotatable bonds is 2. The molecule has 0 aliphatic carbocycles. The third-order valence-electron chi connectivity index (χ3n) is 4.38. The lowest BCUT2D eigenvalue weighted by Gasteiger charge is -2.21. The molecule has 1 saturated heterocycles. The minimum atomic E-state index is 0.137. The average Bonchev–Trinajstić information content (AvgIpc) is 2.67. The fraction of sp³-hybridized carbons (Fsp3) is 0.438. The smallest absolute Gasteiger partial charge is 0.138 e. The third kappa shape index (κ3) is 2.08. The molecular weight excluding hydrogens is 236 g/mol. The molecule has 2 aromatic rings. The van der Waals surface area contributed by atoms with Gasteiger partial charge >= 0.3 is 0 Å². The molecular formula is C16H20N2O. The molecule has 3 nitrogen and oxygen atoms in total. The minimum Gasteiger partial charge on any atom is -0.348 e. The normalized spacial score (nSPS) is 20.1. The zero-order valence-corrected chi connectivity index (χ0v) is 11.6. The molecule has 1 N–H and O–H groups in total. The van der Waals surface area contributed by atoms with E-state index < -0.39 is 0 Å². The summed E-state index contributed by atoms with van der Waals surface area (Å²) >= 11 is 0. The Kier molecular flexibility index (Phi) is 3.15. The van der Waals surface area contributed by atoms with Crippen molar-refractivity contribution < 1.29 is 4.79 Å². The van der Waals surface area contributed by atoms with E-state index in [0.717, 1.165) is 19.5 Å². The van der Waals surface area contributed by atoms with E-state index in [1.165, 1.54) is 22.2 Å². The number of para-hydroxylation sites is 1. The molecule has 3 heteroatoms. The molecule has 2 heterocycles. The SMILES string of the molecule is Cc1c(CC2CNCCC2=O)c2ccccc2n1C. The van der Waals surface area contributed by atoms with Gasteiger partial charge in [0, 0.05) is 49.1 Å². The molecule has 1 aromatic heterocycles. The second-order valence-corrected chi connectivity index (χ2v) is 5.46. The molecule has 100 valence electrons. The number of carbonyl (C=O) groups excluding carboxylic acids is 1. The van der Waals surface area contributed by atoms with Crippen LogP contribution in [0.3, 0.4) is 0 Å². The second-order valence-electron chi connectivity index (χ2n) is 5.46. The summed E-state index contributed by atoms with van der Waals surface area (Å²) in [7, 11) is 2.10. The fourth-order valence-electron chi connectivity index (χ4n) is 3.10. The molecule has 1 aliphatic rings. The Bertz CT molecular complexity index is 627. The molecule has 1 aromatic carbocycles. The Morgan fingerprint density at radius 1 is 1.37 bits per heavy atom. The van der Waals surface area contributed by atoms with E-state index in [2.05, 4.69) is 48.1 Å².